The number of unbranched alkanes of at least 4 members (excludes halogenated alkanes) is 14. The van der Waals surface area contributed by atoms with Gasteiger partial charge in [0.2, 0.25) is 0 Å². The first kappa shape index (κ1) is 47.8. The number of carbonyl (C=O) groups is 2. The maximum atomic E-state index is 10.3. The third-order valence-electron chi connectivity index (χ3n) is 7.48. The van der Waals surface area contributed by atoms with Crippen LogP contribution < -0.4 is 10.2 Å². The molecule has 0 amide bonds. The van der Waals surface area contributed by atoms with Gasteiger partial charge in [0, 0.05) is 10.5 Å². The first-order valence-corrected chi connectivity index (χ1v) is 23.0. The topological polar surface area (TPSA) is 80.3 Å². The molecule has 0 aromatic rings. The molecule has 0 aliphatic carbocycles. The van der Waals surface area contributed by atoms with Crippen molar-refractivity contribution >= 4 is 58.3 Å². The second kappa shape index (κ2) is 38.6. The van der Waals surface area contributed by atoms with E-state index in [1.54, 1.807) is 21.7 Å². The van der Waals surface area contributed by atoms with E-state index in [2.05, 4.69) is 66.8 Å². The Morgan fingerprint density at radius 2 is 0.767 bits per heavy atom. The van der Waals surface area contributed by atoms with Gasteiger partial charge < -0.3 is 19.8 Å². The van der Waals surface area contributed by atoms with Crippen LogP contribution in [0.3, 0.4) is 0 Å². The minimum absolute atomic E-state index is 0.0736. The number of hydrogen-bond acceptors (Lipinski definition) is 6. The standard InChI is InChI=1S/2C10H20O2S.2C8H17.Sn/c2*1-8(2)6-4-3-5-7-9(13)10(11)12;2*1-3-5-7-8-6-4-2;/h2*8-9,13H,3-7H2,1-2H3,(H,11,12);2*1,3-8H2,2H3;/q;;;;+2/p-2/t2*9-;;;/m00.../s1. The predicted octanol–water partition coefficient (Wildman–Crippen LogP) is 9.53. The molecule has 0 heterocycles. The van der Waals surface area contributed by atoms with Crippen LogP contribution in [0.15, 0.2) is 0 Å². The van der Waals surface area contributed by atoms with Gasteiger partial charge in [0.25, 0.3) is 0 Å². The Bertz CT molecular complexity index is 527. The van der Waals surface area contributed by atoms with Crippen molar-refractivity contribution in [1.82, 2.24) is 0 Å². The van der Waals surface area contributed by atoms with Crippen LogP contribution in [0, 0.1) is 11.8 Å². The van der Waals surface area contributed by atoms with E-state index < -0.39 is 22.4 Å². The summed E-state index contributed by atoms with van der Waals surface area (Å²) in [6.07, 6.45) is 28.0. The number of carboxylic acids is 2. The summed E-state index contributed by atoms with van der Waals surface area (Å²) in [6, 6.07) is 0. The van der Waals surface area contributed by atoms with Gasteiger partial charge in [-0.1, -0.05) is 79.1 Å². The summed E-state index contributed by atoms with van der Waals surface area (Å²) in [5.74, 6) is -0.611. The molecule has 7 heteroatoms. The van der Waals surface area contributed by atoms with Crippen molar-refractivity contribution in [2.45, 2.75) is 202 Å². The fourth-order valence-corrected chi connectivity index (χ4v) is 8.49. The van der Waals surface area contributed by atoms with Gasteiger partial charge in [0.15, 0.2) is 0 Å². The zero-order valence-corrected chi connectivity index (χ0v) is 34.0. The molecule has 0 saturated heterocycles. The summed E-state index contributed by atoms with van der Waals surface area (Å²) < 4.78 is 3.31. The molecule has 0 spiro atoms. The Morgan fingerprint density at radius 3 is 1.07 bits per heavy atom. The zero-order valence-electron chi connectivity index (χ0n) is 29.3. The van der Waals surface area contributed by atoms with E-state index in [0.717, 1.165) is 37.5 Å². The minimum atomic E-state index is -1.05. The SMILES string of the molecule is CC(C)CCCCC[C@H](S)C(=O)[O-].CC(C)CCCCC[C@H](S)C(=O)[O-].CCCCCCC[CH2][Sn+2][CH2]CCCCCCC. The molecule has 0 fully saturated rings. The molecule has 43 heavy (non-hydrogen) atoms. The molecule has 0 radical (unpaired) electrons. The quantitative estimate of drug-likeness (QED) is 0.0475. The number of aliphatic carboxylic acids is 2. The second-order valence-electron chi connectivity index (χ2n) is 13.0. The zero-order chi connectivity index (χ0) is 33.1. The summed E-state index contributed by atoms with van der Waals surface area (Å²) in [5, 5.41) is 19.4. The van der Waals surface area contributed by atoms with Crippen molar-refractivity contribution in [3.8, 4) is 0 Å². The Hall–Kier alpha value is 0.439. The van der Waals surface area contributed by atoms with Crippen LogP contribution in [0.25, 0.3) is 0 Å². The van der Waals surface area contributed by atoms with Crippen LogP contribution in [-0.2, 0) is 9.59 Å². The van der Waals surface area contributed by atoms with E-state index in [9.17, 15) is 19.8 Å². The van der Waals surface area contributed by atoms with E-state index in [-0.39, 0.29) is 21.1 Å². The molecule has 0 bridgehead atoms. The molecule has 0 unspecified atom stereocenters. The summed E-state index contributed by atoms with van der Waals surface area (Å²) in [7, 11) is 0. The molecule has 256 valence electrons. The average molecular weight is 752 g/mol. The molecule has 0 aliphatic rings. The Labute approximate surface area is 290 Å². The van der Waals surface area contributed by atoms with Gasteiger partial charge in [-0.25, -0.2) is 0 Å². The number of thiol groups is 2. The van der Waals surface area contributed by atoms with Crippen molar-refractivity contribution in [3.63, 3.8) is 0 Å². The molecule has 0 aromatic carbocycles. The Balaban J connectivity index is -0.000000566. The molecule has 0 rings (SSSR count). The van der Waals surface area contributed by atoms with E-state index in [4.69, 9.17) is 0 Å². The van der Waals surface area contributed by atoms with Crippen molar-refractivity contribution in [2.75, 3.05) is 0 Å². The van der Waals surface area contributed by atoms with Gasteiger partial charge >= 0.3 is 121 Å². The summed E-state index contributed by atoms with van der Waals surface area (Å²) >= 11 is 7.88. The van der Waals surface area contributed by atoms with Crippen LogP contribution in [0.1, 0.15) is 183 Å². The molecule has 0 aliphatic heterocycles. The predicted molar refractivity (Wildman–Crippen MR) is 194 cm³/mol. The monoisotopic (exact) mass is 752 g/mol. The molecule has 2 atom stereocenters. The first-order valence-electron chi connectivity index (χ1n) is 18.0. The van der Waals surface area contributed by atoms with Gasteiger partial charge in [0.05, 0.1) is 11.9 Å². The molecule has 0 aromatic heterocycles. The van der Waals surface area contributed by atoms with Crippen LogP contribution in [0.4, 0.5) is 0 Å². The number of carboxylic acid groups (broad SMARTS) is 2. The van der Waals surface area contributed by atoms with E-state index in [1.165, 1.54) is 89.9 Å². The van der Waals surface area contributed by atoms with Gasteiger partial charge in [-0.05, 0) is 24.7 Å². The van der Waals surface area contributed by atoms with Crippen LogP contribution in [0.2, 0.25) is 8.87 Å². The second-order valence-corrected chi connectivity index (χ2v) is 18.5. The van der Waals surface area contributed by atoms with Gasteiger partial charge in [-0.3, -0.25) is 0 Å². The molecular formula is C36H72O4S2Sn. The van der Waals surface area contributed by atoms with E-state index in [1.807, 2.05) is 0 Å². The molecule has 0 saturated carbocycles. The molecule has 0 N–H and O–H groups in total. The number of carbonyl (C=O) groups excluding carboxylic acids is 2. The summed E-state index contributed by atoms with van der Waals surface area (Å²) in [6.45, 7) is 13.4. The van der Waals surface area contributed by atoms with Crippen LogP contribution in [-0.4, -0.2) is 43.6 Å². The summed E-state index contributed by atoms with van der Waals surface area (Å²) in [5.41, 5.74) is 0. The Morgan fingerprint density at radius 1 is 0.488 bits per heavy atom. The maximum absolute atomic E-state index is 10.3. The van der Waals surface area contributed by atoms with Crippen molar-refractivity contribution < 1.29 is 19.8 Å². The average Bonchev–Trinajstić information content (AvgIpc) is 2.95. The van der Waals surface area contributed by atoms with Crippen molar-refractivity contribution in [3.05, 3.63) is 0 Å². The normalized spacial score (nSPS) is 12.1. The Kier molecular flexibility index (Phi) is 43.0. The summed E-state index contributed by atoms with van der Waals surface area (Å²) in [4.78, 5) is 20.6. The fraction of sp³-hybridized carbons (Fsp3) is 0.944. The van der Waals surface area contributed by atoms with Crippen LogP contribution >= 0.6 is 25.3 Å². The van der Waals surface area contributed by atoms with E-state index in [0.29, 0.717) is 12.8 Å². The van der Waals surface area contributed by atoms with Crippen molar-refractivity contribution in [1.29, 1.82) is 0 Å². The molecular weight excluding hydrogens is 679 g/mol. The molecule has 4 nitrogen and oxygen atoms in total. The first-order chi connectivity index (χ1) is 20.5. The van der Waals surface area contributed by atoms with Gasteiger partial charge in [-0.2, -0.15) is 25.3 Å². The van der Waals surface area contributed by atoms with E-state index >= 15 is 0 Å². The van der Waals surface area contributed by atoms with Gasteiger partial charge in [0.1, 0.15) is 0 Å². The van der Waals surface area contributed by atoms with Crippen molar-refractivity contribution in [2.24, 2.45) is 11.8 Å². The number of rotatable bonds is 28. The fourth-order valence-electron chi connectivity index (χ4n) is 4.56. The third kappa shape index (κ3) is 47.0. The van der Waals surface area contributed by atoms with Crippen LogP contribution in [0.5, 0.6) is 0 Å². The number of hydrogen-bond donors (Lipinski definition) is 2. The third-order valence-corrected chi connectivity index (χ3v) is 12.5. The van der Waals surface area contributed by atoms with Gasteiger partial charge in [-0.15, -0.1) is 0 Å².